The van der Waals surface area contributed by atoms with Crippen LogP contribution < -0.4 is 0 Å². The van der Waals surface area contributed by atoms with Gasteiger partial charge in [-0.3, -0.25) is 4.79 Å². The van der Waals surface area contributed by atoms with Crippen LogP contribution in [0.15, 0.2) is 65.7 Å². The summed E-state index contributed by atoms with van der Waals surface area (Å²) in [6.45, 7) is 4.06. The van der Waals surface area contributed by atoms with Crippen molar-refractivity contribution in [3.05, 3.63) is 83.2 Å². The molecule has 3 aromatic rings. The molecule has 5 heteroatoms. The van der Waals surface area contributed by atoms with Gasteiger partial charge in [-0.2, -0.15) is 0 Å². The van der Waals surface area contributed by atoms with Gasteiger partial charge in [0.2, 0.25) is 0 Å². The molecule has 3 nitrogen and oxygen atoms in total. The smallest absolute Gasteiger partial charge is 0.174 e. The van der Waals surface area contributed by atoms with Crippen LogP contribution in [0.2, 0.25) is 0 Å². The number of aliphatic imine (C=N–C) groups is 1. The van der Waals surface area contributed by atoms with Crippen molar-refractivity contribution in [3.8, 4) is 5.69 Å². The van der Waals surface area contributed by atoms with E-state index in [0.29, 0.717) is 5.75 Å². The Hall–Kier alpha value is -2.24. The average molecular weight is 393 g/mol. The summed E-state index contributed by atoms with van der Waals surface area (Å²) in [6, 6.07) is 20.3. The number of rotatable bonds is 4. The monoisotopic (exact) mass is 392 g/mol. The number of hydrogen-bond donors (Lipinski definition) is 0. The first kappa shape index (κ1) is 18.1. The number of fused-ring (bicyclic) bond motifs is 1. The molecule has 0 fully saturated rings. The van der Waals surface area contributed by atoms with Gasteiger partial charge in [-0.05, 0) is 43.7 Å². The van der Waals surface area contributed by atoms with Crippen LogP contribution in [0.1, 0.15) is 27.3 Å². The van der Waals surface area contributed by atoms with Crippen LogP contribution >= 0.6 is 23.5 Å². The van der Waals surface area contributed by atoms with Crippen molar-refractivity contribution in [2.24, 2.45) is 4.99 Å². The Kier molecular flexibility index (Phi) is 5.23. The molecule has 0 aliphatic carbocycles. The number of carbonyl (C=O) groups excluding carboxylic acids is 1. The van der Waals surface area contributed by atoms with Gasteiger partial charge in [-0.15, -0.1) is 0 Å². The molecule has 0 atom stereocenters. The fraction of sp³-hybridized carbons (Fsp3) is 0.182. The second kappa shape index (κ2) is 7.79. The standard InChI is InChI=1S/C22H20N2OS2/c1-15-12-19(16(2)24(15)18-9-4-3-5-10-18)21(25)14-27-22-23-20-11-7-6-8-17(20)13-26-22/h3-12H,13-14H2,1-2H3. The molecule has 2 heterocycles. The van der Waals surface area contributed by atoms with Crippen molar-refractivity contribution in [1.29, 1.82) is 0 Å². The Labute approximate surface area is 167 Å². The lowest BCUT2D eigenvalue weighted by Crippen LogP contribution is -2.07. The summed E-state index contributed by atoms with van der Waals surface area (Å²) in [5.41, 5.74) is 6.23. The van der Waals surface area contributed by atoms with E-state index in [0.717, 1.165) is 38.5 Å². The number of Topliss-reactive ketones (excluding diaryl/α,β-unsaturated/α-hetero) is 1. The first-order chi connectivity index (χ1) is 13.1. The Bertz CT molecular complexity index is 1020. The van der Waals surface area contributed by atoms with Gasteiger partial charge in [0.15, 0.2) is 5.78 Å². The quantitative estimate of drug-likeness (QED) is 0.515. The molecule has 0 N–H and O–H groups in total. The third kappa shape index (κ3) is 3.75. The Balaban J connectivity index is 1.51. The van der Waals surface area contributed by atoms with Crippen LogP contribution in [0.4, 0.5) is 5.69 Å². The van der Waals surface area contributed by atoms with E-state index in [2.05, 4.69) is 27.8 Å². The minimum Gasteiger partial charge on any atom is -0.318 e. The van der Waals surface area contributed by atoms with Gasteiger partial charge in [0, 0.05) is 28.4 Å². The molecule has 1 aliphatic heterocycles. The third-order valence-electron chi connectivity index (χ3n) is 4.63. The zero-order valence-corrected chi connectivity index (χ0v) is 16.9. The van der Waals surface area contributed by atoms with E-state index in [1.165, 1.54) is 17.3 Å². The second-order valence-electron chi connectivity index (χ2n) is 6.46. The lowest BCUT2D eigenvalue weighted by molar-refractivity contribution is 0.102. The second-order valence-corrected chi connectivity index (χ2v) is 8.65. The maximum absolute atomic E-state index is 12.9. The number of aryl methyl sites for hydroxylation is 1. The highest BCUT2D eigenvalue weighted by molar-refractivity contribution is 8.38. The van der Waals surface area contributed by atoms with Crippen LogP contribution in [0.25, 0.3) is 5.69 Å². The van der Waals surface area contributed by atoms with Gasteiger partial charge < -0.3 is 4.57 Å². The average Bonchev–Trinajstić information content (AvgIpc) is 3.01. The molecule has 0 bridgehead atoms. The summed E-state index contributed by atoms with van der Waals surface area (Å²) in [4.78, 5) is 17.5. The molecule has 27 heavy (non-hydrogen) atoms. The van der Waals surface area contributed by atoms with Crippen molar-refractivity contribution in [3.63, 3.8) is 0 Å². The van der Waals surface area contributed by atoms with E-state index in [1.54, 1.807) is 11.8 Å². The topological polar surface area (TPSA) is 34.4 Å². The predicted molar refractivity (Wildman–Crippen MR) is 117 cm³/mol. The number of aromatic nitrogens is 1. The molecule has 0 spiro atoms. The van der Waals surface area contributed by atoms with Crippen molar-refractivity contribution >= 4 is 39.4 Å². The van der Waals surface area contributed by atoms with Crippen molar-refractivity contribution in [1.82, 2.24) is 4.57 Å². The summed E-state index contributed by atoms with van der Waals surface area (Å²) in [5.74, 6) is 1.48. The molecule has 0 saturated carbocycles. The molecular formula is C22H20N2OS2. The molecule has 0 radical (unpaired) electrons. The molecular weight excluding hydrogens is 372 g/mol. The normalized spacial score (nSPS) is 13.2. The molecule has 0 amide bonds. The number of thioether (sulfide) groups is 2. The lowest BCUT2D eigenvalue weighted by Gasteiger charge is -2.14. The van der Waals surface area contributed by atoms with E-state index in [9.17, 15) is 4.79 Å². The minimum absolute atomic E-state index is 0.150. The Morgan fingerprint density at radius 3 is 2.67 bits per heavy atom. The molecule has 0 saturated heterocycles. The van der Waals surface area contributed by atoms with E-state index < -0.39 is 0 Å². The molecule has 0 unspecified atom stereocenters. The number of ketones is 1. The summed E-state index contributed by atoms with van der Waals surface area (Å²) < 4.78 is 3.11. The molecule has 2 aromatic carbocycles. The highest BCUT2D eigenvalue weighted by atomic mass is 32.2. The first-order valence-electron chi connectivity index (χ1n) is 8.83. The molecule has 1 aliphatic rings. The maximum atomic E-state index is 12.9. The number of benzene rings is 2. The van der Waals surface area contributed by atoms with Gasteiger partial charge in [0.05, 0.1) is 11.4 Å². The van der Waals surface area contributed by atoms with Gasteiger partial charge in [-0.1, -0.05) is 59.9 Å². The molecule has 1 aromatic heterocycles. The van der Waals surface area contributed by atoms with Crippen LogP contribution in [-0.4, -0.2) is 20.5 Å². The highest BCUT2D eigenvalue weighted by Gasteiger charge is 2.19. The molecule has 4 rings (SSSR count). The summed E-state index contributed by atoms with van der Waals surface area (Å²) >= 11 is 3.25. The lowest BCUT2D eigenvalue weighted by atomic mass is 10.2. The zero-order chi connectivity index (χ0) is 18.8. The van der Waals surface area contributed by atoms with Crippen LogP contribution in [0.3, 0.4) is 0 Å². The van der Waals surface area contributed by atoms with Gasteiger partial charge in [0.25, 0.3) is 0 Å². The van der Waals surface area contributed by atoms with Crippen LogP contribution in [-0.2, 0) is 5.75 Å². The number of nitrogens with zero attached hydrogens (tertiary/aromatic N) is 2. The number of para-hydroxylation sites is 2. The Morgan fingerprint density at radius 2 is 1.85 bits per heavy atom. The van der Waals surface area contributed by atoms with Gasteiger partial charge in [0.1, 0.15) is 4.38 Å². The highest BCUT2D eigenvalue weighted by Crippen LogP contribution is 2.34. The van der Waals surface area contributed by atoms with Crippen molar-refractivity contribution in [2.75, 3.05) is 5.75 Å². The van der Waals surface area contributed by atoms with Crippen LogP contribution in [0, 0.1) is 13.8 Å². The minimum atomic E-state index is 0.150. The van der Waals surface area contributed by atoms with E-state index in [-0.39, 0.29) is 5.78 Å². The number of carbonyl (C=O) groups is 1. The SMILES string of the molecule is Cc1cc(C(=O)CSC2=Nc3ccccc3CS2)c(C)n1-c1ccccc1. The fourth-order valence-corrected chi connectivity index (χ4v) is 5.26. The van der Waals surface area contributed by atoms with E-state index >= 15 is 0 Å². The summed E-state index contributed by atoms with van der Waals surface area (Å²) in [7, 11) is 0. The Morgan fingerprint density at radius 1 is 1.11 bits per heavy atom. The van der Waals surface area contributed by atoms with Crippen molar-refractivity contribution < 1.29 is 4.79 Å². The van der Waals surface area contributed by atoms with Crippen LogP contribution in [0.5, 0.6) is 0 Å². The van der Waals surface area contributed by atoms with E-state index in [1.807, 2.05) is 56.3 Å². The molecule has 136 valence electrons. The van der Waals surface area contributed by atoms with E-state index in [4.69, 9.17) is 0 Å². The van der Waals surface area contributed by atoms with Gasteiger partial charge in [-0.25, -0.2) is 4.99 Å². The van der Waals surface area contributed by atoms with Crippen molar-refractivity contribution in [2.45, 2.75) is 19.6 Å². The zero-order valence-electron chi connectivity index (χ0n) is 15.3. The fourth-order valence-electron chi connectivity index (χ4n) is 3.31. The predicted octanol–water partition coefficient (Wildman–Crippen LogP) is 5.94. The largest absolute Gasteiger partial charge is 0.318 e. The summed E-state index contributed by atoms with van der Waals surface area (Å²) in [5, 5.41) is 0. The van der Waals surface area contributed by atoms with Gasteiger partial charge >= 0.3 is 0 Å². The summed E-state index contributed by atoms with van der Waals surface area (Å²) in [6.07, 6.45) is 0. The maximum Gasteiger partial charge on any atom is 0.174 e. The third-order valence-corrected chi connectivity index (χ3v) is 6.87. The number of hydrogen-bond acceptors (Lipinski definition) is 4. The first-order valence-corrected chi connectivity index (χ1v) is 10.8.